The van der Waals surface area contributed by atoms with Crippen LogP contribution in [0.1, 0.15) is 0 Å². The van der Waals surface area contributed by atoms with E-state index in [2.05, 4.69) is 0 Å². The van der Waals surface area contributed by atoms with Crippen LogP contribution < -0.4 is 0 Å². The zero-order valence-electron chi connectivity index (χ0n) is 6.27. The summed E-state index contributed by atoms with van der Waals surface area (Å²) >= 11 is 0. The minimum atomic E-state index is -6.00. The van der Waals surface area contributed by atoms with Crippen LogP contribution in [0, 0.1) is 0 Å². The molecule has 0 rings (SSSR count). The molecule has 0 aliphatic carbocycles. The third-order valence-corrected chi connectivity index (χ3v) is 0. The molecular weight excluding hydrogens is 300 g/mol. The molecule has 0 radical (unpaired) electrons. The van der Waals surface area contributed by atoms with Gasteiger partial charge < -0.3 is 51.8 Å². The fraction of sp³-hybridized carbons (Fsp3) is 0. The van der Waals surface area contributed by atoms with Gasteiger partial charge in [-0.1, -0.05) is 0 Å². The van der Waals surface area contributed by atoms with Crippen LogP contribution in [0.4, 0.5) is 51.8 Å². The summed E-state index contributed by atoms with van der Waals surface area (Å²) in [5, 5.41) is 0. The summed E-state index contributed by atoms with van der Waals surface area (Å²) in [4.78, 5) is 0. The Morgan fingerprint density at radius 3 is 0.312 bits per heavy atom. The number of rotatable bonds is 0. The van der Waals surface area contributed by atoms with E-state index in [1.54, 1.807) is 0 Å². The average Bonchev–Trinajstić information content (AvgIpc) is 1.41. The van der Waals surface area contributed by atoms with Gasteiger partial charge in [-0.25, -0.2) is 0 Å². The van der Waals surface area contributed by atoms with Crippen molar-refractivity contribution in [2.24, 2.45) is 0 Å². The van der Waals surface area contributed by atoms with Gasteiger partial charge >= 0.3 is 73.1 Å². The molecule has 0 fully saturated rings. The molecule has 0 spiro atoms. The Bertz CT molecular complexity index is 91.3. The number of hydrogen-bond donors (Lipinski definition) is 0. The van der Waals surface area contributed by atoms with Gasteiger partial charge in [-0.2, -0.15) is 0 Å². The first-order valence-corrected chi connectivity index (χ1v) is 2.62. The van der Waals surface area contributed by atoms with Gasteiger partial charge in [0.25, 0.3) is 0 Å². The van der Waals surface area contributed by atoms with Crippen LogP contribution in [-0.4, -0.2) is 73.1 Å². The normalized spacial score (nSPS) is 11.2. The van der Waals surface area contributed by atoms with E-state index in [1.807, 2.05) is 0 Å². The van der Waals surface area contributed by atoms with Gasteiger partial charge in [0.15, 0.2) is 0 Å². The first kappa shape index (κ1) is 25.7. The Labute approximate surface area is 124 Å². The second kappa shape index (κ2) is 9.96. The molecule has 0 bridgehead atoms. The molecule has 0 N–H and O–H groups in total. The van der Waals surface area contributed by atoms with Gasteiger partial charge in [-0.15, -0.1) is 0 Å². The minimum absolute atomic E-state index is 0. The van der Waals surface area contributed by atoms with Crippen molar-refractivity contribution in [2.75, 3.05) is 0 Å². The third kappa shape index (κ3) is 2990. The summed E-state index contributed by atoms with van der Waals surface area (Å²) in [5.74, 6) is 0. The summed E-state index contributed by atoms with van der Waals surface area (Å²) in [6, 6.07) is 0. The van der Waals surface area contributed by atoms with Crippen molar-refractivity contribution in [1.29, 1.82) is 0 Å². The van der Waals surface area contributed by atoms with Gasteiger partial charge in [0, 0.05) is 0 Å². The van der Waals surface area contributed by atoms with Crippen LogP contribution in [0.2, 0.25) is 0 Å². The molecule has 0 nitrogen and oxygen atoms in total. The van der Waals surface area contributed by atoms with Crippen LogP contribution in [0.3, 0.4) is 0 Å². The monoisotopic (exact) mass is 301 g/mol. The SMILES string of the molecule is F[B-](F)(F)F.F[B-](F)(F)F.F[B-](F)(F)F.[KH]. The zero-order chi connectivity index (χ0) is 13.5. The van der Waals surface area contributed by atoms with E-state index < -0.39 is 21.8 Å². The first-order valence-electron chi connectivity index (χ1n) is 2.62. The fourth-order valence-corrected chi connectivity index (χ4v) is 0. The second-order valence-corrected chi connectivity index (χ2v) is 1.48. The van der Waals surface area contributed by atoms with E-state index in [4.69, 9.17) is 0 Å². The molecule has 0 heterocycles. The topological polar surface area (TPSA) is 0 Å². The Balaban J connectivity index is -0.0000000655. The third-order valence-electron chi connectivity index (χ3n) is 0. The van der Waals surface area contributed by atoms with Gasteiger partial charge in [0.05, 0.1) is 0 Å². The predicted octanol–water partition coefficient (Wildman–Crippen LogP) is 3.25. The molecule has 0 aliphatic heterocycles. The van der Waals surface area contributed by atoms with Crippen molar-refractivity contribution in [3.63, 3.8) is 0 Å². The Morgan fingerprint density at radius 1 is 0.312 bits per heavy atom. The van der Waals surface area contributed by atoms with Gasteiger partial charge in [-0.3, -0.25) is 0 Å². The molecule has 0 saturated heterocycles. The van der Waals surface area contributed by atoms with Crippen molar-refractivity contribution >= 4 is 73.1 Å². The van der Waals surface area contributed by atoms with Gasteiger partial charge in [0.2, 0.25) is 0 Å². The molecule has 16 heavy (non-hydrogen) atoms. The molecule has 16 heteroatoms. The second-order valence-electron chi connectivity index (χ2n) is 1.48. The van der Waals surface area contributed by atoms with Crippen molar-refractivity contribution < 1.29 is 51.8 Å². The molecule has 98 valence electrons. The van der Waals surface area contributed by atoms with E-state index >= 15 is 0 Å². The van der Waals surface area contributed by atoms with Crippen LogP contribution in [0.15, 0.2) is 0 Å². The van der Waals surface area contributed by atoms with Crippen molar-refractivity contribution in [2.45, 2.75) is 0 Å². The van der Waals surface area contributed by atoms with Crippen molar-refractivity contribution in [3.05, 3.63) is 0 Å². The zero-order valence-corrected chi connectivity index (χ0v) is 6.27. The van der Waals surface area contributed by atoms with E-state index in [1.165, 1.54) is 0 Å². The van der Waals surface area contributed by atoms with Crippen LogP contribution in [-0.2, 0) is 0 Å². The fourth-order valence-electron chi connectivity index (χ4n) is 0. The Hall–Kier alpha value is 0.991. The number of halogens is 12. The maximum atomic E-state index is 9.75. The van der Waals surface area contributed by atoms with Crippen molar-refractivity contribution in [3.8, 4) is 0 Å². The summed E-state index contributed by atoms with van der Waals surface area (Å²) in [6.45, 7) is 0. The molecule has 0 aromatic rings. The van der Waals surface area contributed by atoms with Crippen LogP contribution in [0.25, 0.3) is 0 Å². The molecule has 0 saturated carbocycles. The number of hydrogen-bond acceptors (Lipinski definition) is 0. The summed E-state index contributed by atoms with van der Waals surface area (Å²) in [6.07, 6.45) is 0. The molecule has 0 aliphatic rings. The standard InChI is InChI=1S/3BF4.K.H/c3*2-1(3,4)5;;/q3*-1;;. The Morgan fingerprint density at radius 2 is 0.312 bits per heavy atom. The summed E-state index contributed by atoms with van der Waals surface area (Å²) in [5.41, 5.74) is 0. The van der Waals surface area contributed by atoms with E-state index in [-0.39, 0.29) is 51.4 Å². The van der Waals surface area contributed by atoms with E-state index in [0.29, 0.717) is 0 Å². The van der Waals surface area contributed by atoms with Crippen molar-refractivity contribution in [1.82, 2.24) is 0 Å². The molecular formula is HB3F12K-3. The molecule has 0 unspecified atom stereocenters. The predicted molar refractivity (Wildman–Crippen MR) is 37.7 cm³/mol. The molecule has 0 amide bonds. The van der Waals surface area contributed by atoms with Crippen LogP contribution >= 0.6 is 0 Å². The average molecular weight is 301 g/mol. The maximum absolute atomic E-state index is 9.75. The van der Waals surface area contributed by atoms with E-state index in [9.17, 15) is 51.8 Å². The van der Waals surface area contributed by atoms with Crippen LogP contribution in [0.5, 0.6) is 0 Å². The summed E-state index contributed by atoms with van der Waals surface area (Å²) < 4.78 is 117. The molecule has 0 aromatic heterocycles. The molecule has 0 aromatic carbocycles. The Kier molecular flexibility index (Phi) is 16.0. The quantitative estimate of drug-likeness (QED) is 0.476. The van der Waals surface area contributed by atoms with E-state index in [0.717, 1.165) is 0 Å². The molecule has 0 atom stereocenters. The first-order chi connectivity index (χ1) is 6.00. The summed E-state index contributed by atoms with van der Waals surface area (Å²) in [7, 11) is -18.0. The van der Waals surface area contributed by atoms with Gasteiger partial charge in [-0.05, 0) is 0 Å². The van der Waals surface area contributed by atoms with Gasteiger partial charge in [0.1, 0.15) is 0 Å².